The molecular weight excluding hydrogens is 382 g/mol. The molecule has 1 fully saturated rings. The topological polar surface area (TPSA) is 79.4 Å². The number of sulfonamides is 1. The third kappa shape index (κ3) is 4.94. The molecule has 0 spiro atoms. The normalized spacial score (nSPS) is 15.1. The summed E-state index contributed by atoms with van der Waals surface area (Å²) in [4.78, 5) is 16.7. The van der Waals surface area contributed by atoms with Crippen molar-refractivity contribution in [1.82, 2.24) is 9.29 Å². The van der Waals surface area contributed by atoms with Gasteiger partial charge in [-0.05, 0) is 31.4 Å². The summed E-state index contributed by atoms with van der Waals surface area (Å²) in [6.07, 6.45) is 5.35. The fourth-order valence-corrected chi connectivity index (χ4v) is 5.31. The summed E-state index contributed by atoms with van der Waals surface area (Å²) < 4.78 is 26.7. The molecule has 0 atom stereocenters. The Bertz CT molecular complexity index is 870. The Morgan fingerprint density at radius 3 is 2.56 bits per heavy atom. The van der Waals surface area contributed by atoms with Crippen LogP contribution in [-0.4, -0.2) is 36.7 Å². The molecule has 2 aromatic rings. The summed E-state index contributed by atoms with van der Waals surface area (Å²) in [5.74, 6) is -0.0172. The van der Waals surface area contributed by atoms with Crippen molar-refractivity contribution >= 4 is 32.4 Å². The van der Waals surface area contributed by atoms with Crippen LogP contribution in [-0.2, 0) is 14.8 Å². The van der Waals surface area contributed by atoms with E-state index in [0.717, 1.165) is 43.4 Å². The first-order valence-electron chi connectivity index (χ1n) is 9.36. The van der Waals surface area contributed by atoms with Crippen molar-refractivity contribution in [1.29, 1.82) is 0 Å². The van der Waals surface area contributed by atoms with E-state index < -0.39 is 10.0 Å². The lowest BCUT2D eigenvalue weighted by atomic mass is 10.2. The van der Waals surface area contributed by atoms with Crippen molar-refractivity contribution in [3.8, 4) is 11.3 Å². The second-order valence-corrected chi connectivity index (χ2v) is 9.47. The van der Waals surface area contributed by atoms with Gasteiger partial charge in [0.1, 0.15) is 0 Å². The van der Waals surface area contributed by atoms with Crippen LogP contribution in [0, 0.1) is 0 Å². The third-order valence-corrected chi connectivity index (χ3v) is 7.28. The summed E-state index contributed by atoms with van der Waals surface area (Å²) in [5.41, 5.74) is 1.56. The quantitative estimate of drug-likeness (QED) is 0.668. The van der Waals surface area contributed by atoms with Crippen molar-refractivity contribution in [3.05, 3.63) is 29.6 Å². The van der Waals surface area contributed by atoms with Crippen molar-refractivity contribution in [2.24, 2.45) is 0 Å². The van der Waals surface area contributed by atoms with E-state index in [4.69, 9.17) is 0 Å². The Morgan fingerprint density at radius 1 is 1.19 bits per heavy atom. The lowest BCUT2D eigenvalue weighted by Gasteiger charge is -2.15. The van der Waals surface area contributed by atoms with E-state index in [-0.39, 0.29) is 5.91 Å². The number of rotatable bonds is 8. The van der Waals surface area contributed by atoms with Crippen LogP contribution in [0.5, 0.6) is 0 Å². The number of thiazole rings is 1. The minimum absolute atomic E-state index is 0.0172. The highest BCUT2D eigenvalue weighted by Crippen LogP contribution is 2.27. The van der Waals surface area contributed by atoms with Crippen molar-refractivity contribution < 1.29 is 13.2 Å². The molecule has 8 heteroatoms. The maximum atomic E-state index is 12.6. The fourth-order valence-electron chi connectivity index (χ4n) is 3.06. The van der Waals surface area contributed by atoms with Gasteiger partial charge < -0.3 is 5.32 Å². The van der Waals surface area contributed by atoms with E-state index in [1.165, 1.54) is 15.6 Å². The Hall–Kier alpha value is -1.77. The molecule has 1 N–H and O–H groups in total. The Labute approximate surface area is 164 Å². The van der Waals surface area contributed by atoms with Crippen LogP contribution in [0.1, 0.15) is 45.4 Å². The van der Waals surface area contributed by atoms with Gasteiger partial charge in [-0.25, -0.2) is 13.4 Å². The third-order valence-electron chi connectivity index (χ3n) is 4.61. The van der Waals surface area contributed by atoms with Crippen LogP contribution in [0.4, 0.5) is 5.13 Å². The Balaban J connectivity index is 1.65. The van der Waals surface area contributed by atoms with Crippen LogP contribution in [0.25, 0.3) is 11.3 Å². The summed E-state index contributed by atoms with van der Waals surface area (Å²) >= 11 is 1.37. The zero-order chi connectivity index (χ0) is 19.3. The fraction of sp³-hybridized carbons (Fsp3) is 0.474. The number of hydrogen-bond donors (Lipinski definition) is 1. The average molecular weight is 408 g/mol. The van der Waals surface area contributed by atoms with Gasteiger partial charge in [-0.15, -0.1) is 11.3 Å². The predicted molar refractivity (Wildman–Crippen MR) is 108 cm³/mol. The van der Waals surface area contributed by atoms with E-state index in [0.29, 0.717) is 29.5 Å². The molecule has 0 bridgehead atoms. The van der Waals surface area contributed by atoms with Gasteiger partial charge in [0.05, 0.1) is 10.6 Å². The molecular formula is C19H25N3O3S2. The molecule has 146 valence electrons. The van der Waals surface area contributed by atoms with Gasteiger partial charge in [-0.2, -0.15) is 4.31 Å². The number of nitrogens with zero attached hydrogens (tertiary/aromatic N) is 2. The van der Waals surface area contributed by atoms with Gasteiger partial charge in [-0.3, -0.25) is 4.79 Å². The summed E-state index contributed by atoms with van der Waals surface area (Å²) in [6, 6.07) is 6.80. The lowest BCUT2D eigenvalue weighted by Crippen LogP contribution is -2.27. The van der Waals surface area contributed by atoms with E-state index >= 15 is 0 Å². The van der Waals surface area contributed by atoms with E-state index in [9.17, 15) is 13.2 Å². The minimum Gasteiger partial charge on any atom is -0.302 e. The van der Waals surface area contributed by atoms with Gasteiger partial charge in [-0.1, -0.05) is 31.9 Å². The standard InChI is InChI=1S/C19H25N3O3S2/c1-2-3-4-7-18(23)21-19-20-17(14-26-19)15-8-10-16(11-9-15)27(24,25)22-12-5-6-13-22/h8-11,14H,2-7,12-13H2,1H3,(H,20,21,23). The molecule has 0 unspecified atom stereocenters. The first-order chi connectivity index (χ1) is 13.0. The van der Waals surface area contributed by atoms with Crippen molar-refractivity contribution in [2.75, 3.05) is 18.4 Å². The van der Waals surface area contributed by atoms with Gasteiger partial charge in [0, 0.05) is 30.5 Å². The number of carbonyl (C=O) groups is 1. The SMILES string of the molecule is CCCCCC(=O)Nc1nc(-c2ccc(S(=O)(=O)N3CCCC3)cc2)cs1. The van der Waals surface area contributed by atoms with E-state index in [2.05, 4.69) is 17.2 Å². The number of unbranched alkanes of at least 4 members (excludes halogenated alkanes) is 2. The van der Waals surface area contributed by atoms with Gasteiger partial charge in [0.25, 0.3) is 0 Å². The number of hydrogen-bond acceptors (Lipinski definition) is 5. The highest BCUT2D eigenvalue weighted by atomic mass is 32.2. The van der Waals surface area contributed by atoms with Crippen molar-refractivity contribution in [3.63, 3.8) is 0 Å². The van der Waals surface area contributed by atoms with Crippen LogP contribution < -0.4 is 5.32 Å². The van der Waals surface area contributed by atoms with Crippen LogP contribution in [0.3, 0.4) is 0 Å². The molecule has 2 heterocycles. The molecule has 0 saturated carbocycles. The summed E-state index contributed by atoms with van der Waals surface area (Å²) in [7, 11) is -3.40. The van der Waals surface area contributed by atoms with E-state index in [1.807, 2.05) is 5.38 Å². The first-order valence-corrected chi connectivity index (χ1v) is 11.7. The van der Waals surface area contributed by atoms with Crippen LogP contribution in [0.15, 0.2) is 34.5 Å². The molecule has 3 rings (SSSR count). The van der Waals surface area contributed by atoms with Gasteiger partial charge in [0.15, 0.2) is 5.13 Å². The average Bonchev–Trinajstić information content (AvgIpc) is 3.34. The molecule has 1 aromatic heterocycles. The molecule has 27 heavy (non-hydrogen) atoms. The monoisotopic (exact) mass is 407 g/mol. The molecule has 1 saturated heterocycles. The highest BCUT2D eigenvalue weighted by Gasteiger charge is 2.27. The second-order valence-electron chi connectivity index (χ2n) is 6.68. The molecule has 0 aliphatic carbocycles. The lowest BCUT2D eigenvalue weighted by molar-refractivity contribution is -0.116. The number of carbonyl (C=O) groups excluding carboxylic acids is 1. The van der Waals surface area contributed by atoms with Crippen LogP contribution >= 0.6 is 11.3 Å². The molecule has 1 aliphatic heterocycles. The Morgan fingerprint density at radius 2 is 1.89 bits per heavy atom. The first kappa shape index (κ1) is 20.0. The number of anilines is 1. The summed E-state index contributed by atoms with van der Waals surface area (Å²) in [6.45, 7) is 3.29. The van der Waals surface area contributed by atoms with Gasteiger partial charge >= 0.3 is 0 Å². The minimum atomic E-state index is -3.40. The second kappa shape index (κ2) is 8.95. The smallest absolute Gasteiger partial charge is 0.243 e. The number of aromatic nitrogens is 1. The zero-order valence-corrected chi connectivity index (χ0v) is 17.1. The van der Waals surface area contributed by atoms with Crippen LogP contribution in [0.2, 0.25) is 0 Å². The molecule has 1 amide bonds. The van der Waals surface area contributed by atoms with Gasteiger partial charge in [0.2, 0.25) is 15.9 Å². The molecule has 1 aliphatic rings. The van der Waals surface area contributed by atoms with Crippen molar-refractivity contribution in [2.45, 2.75) is 50.3 Å². The zero-order valence-electron chi connectivity index (χ0n) is 15.5. The number of benzene rings is 1. The highest BCUT2D eigenvalue weighted by molar-refractivity contribution is 7.89. The van der Waals surface area contributed by atoms with E-state index in [1.54, 1.807) is 24.3 Å². The molecule has 1 aromatic carbocycles. The Kier molecular flexibility index (Phi) is 6.62. The number of amides is 1. The maximum Gasteiger partial charge on any atom is 0.243 e. The molecule has 6 nitrogen and oxygen atoms in total. The largest absolute Gasteiger partial charge is 0.302 e. The predicted octanol–water partition coefficient (Wildman–Crippen LogP) is 4.11. The maximum absolute atomic E-state index is 12.6. The molecule has 0 radical (unpaired) electrons. The number of nitrogens with one attached hydrogen (secondary N) is 1. The summed E-state index contributed by atoms with van der Waals surface area (Å²) in [5, 5.41) is 5.27.